The van der Waals surface area contributed by atoms with E-state index < -0.39 is 75.7 Å². The summed E-state index contributed by atoms with van der Waals surface area (Å²) in [7, 11) is -5.11. The Hall–Kier alpha value is -1.67. The van der Waals surface area contributed by atoms with Crippen molar-refractivity contribution in [3.63, 3.8) is 0 Å². The fraction of sp³-hybridized carbons (Fsp3) is 0.857. The lowest BCUT2D eigenvalue weighted by Gasteiger charge is -2.41. The molecule has 0 saturated heterocycles. The van der Waals surface area contributed by atoms with E-state index in [0.29, 0.717) is 12.8 Å². The van der Waals surface area contributed by atoms with Crippen LogP contribution in [0.5, 0.6) is 0 Å². The first-order valence-corrected chi connectivity index (χ1v) is 23.1. The van der Waals surface area contributed by atoms with Crippen LogP contribution in [0.4, 0.5) is 0 Å². The van der Waals surface area contributed by atoms with Crippen LogP contribution in [-0.2, 0) is 32.7 Å². The second kappa shape index (κ2) is 33.2. The highest BCUT2D eigenvalue weighted by Gasteiger charge is 2.51. The number of ether oxygens (including phenoxy) is 2. The lowest BCUT2D eigenvalue weighted by atomic mass is 9.85. The predicted octanol–water partition coefficient (Wildman–Crippen LogP) is 7.67. The minimum absolute atomic E-state index is 0.0829. The molecule has 1 aliphatic carbocycles. The van der Waals surface area contributed by atoms with Gasteiger partial charge < -0.3 is 39.9 Å². The van der Waals surface area contributed by atoms with Crippen molar-refractivity contribution in [2.24, 2.45) is 0 Å². The zero-order valence-corrected chi connectivity index (χ0v) is 35.3. The van der Waals surface area contributed by atoms with E-state index in [9.17, 15) is 44.6 Å². The van der Waals surface area contributed by atoms with Crippen molar-refractivity contribution in [2.45, 2.75) is 217 Å². The number of allylic oxidation sites excluding steroid dienone is 4. The van der Waals surface area contributed by atoms with Gasteiger partial charge in [-0.1, -0.05) is 147 Å². The van der Waals surface area contributed by atoms with Gasteiger partial charge >= 0.3 is 19.8 Å². The molecule has 0 spiro atoms. The van der Waals surface area contributed by atoms with E-state index in [-0.39, 0.29) is 12.8 Å². The van der Waals surface area contributed by atoms with Crippen LogP contribution in [0.1, 0.15) is 174 Å². The molecule has 0 aliphatic heterocycles. The van der Waals surface area contributed by atoms with Gasteiger partial charge in [-0.15, -0.1) is 0 Å². The summed E-state index contributed by atoms with van der Waals surface area (Å²) in [5, 5.41) is 50.0. The largest absolute Gasteiger partial charge is 0.472 e. The van der Waals surface area contributed by atoms with Crippen molar-refractivity contribution in [1.29, 1.82) is 0 Å². The zero-order valence-electron chi connectivity index (χ0n) is 34.4. The molecule has 0 radical (unpaired) electrons. The summed E-state index contributed by atoms with van der Waals surface area (Å²) in [6.45, 7) is 3.23. The SMILES string of the molecule is CCCC/C=C\C/C=C\CCCCCCCC(=O)OC(COC(=O)CCCCCCCCCCCCCCC)COP(=O)(O)OC1C(O)C(O)C(O)C(O)C1O. The Balaban J connectivity index is 2.50. The highest BCUT2D eigenvalue weighted by atomic mass is 31.2. The molecule has 328 valence electrons. The molecule has 0 amide bonds. The van der Waals surface area contributed by atoms with Crippen LogP contribution >= 0.6 is 7.82 Å². The molecule has 6 N–H and O–H groups in total. The summed E-state index contributed by atoms with van der Waals surface area (Å²) in [5.74, 6) is -1.11. The maximum absolute atomic E-state index is 12.8. The van der Waals surface area contributed by atoms with Gasteiger partial charge in [0.2, 0.25) is 0 Å². The highest BCUT2D eigenvalue weighted by Crippen LogP contribution is 2.47. The Morgan fingerprint density at radius 1 is 0.554 bits per heavy atom. The van der Waals surface area contributed by atoms with E-state index in [1.165, 1.54) is 70.6 Å². The Bertz CT molecular complexity index is 1090. The average Bonchev–Trinajstić information content (AvgIpc) is 3.18. The quantitative estimate of drug-likeness (QED) is 0.0157. The number of aliphatic hydroxyl groups excluding tert-OH is 5. The predicted molar refractivity (Wildman–Crippen MR) is 217 cm³/mol. The molecule has 0 aromatic carbocycles. The summed E-state index contributed by atoms with van der Waals surface area (Å²) in [5.41, 5.74) is 0. The van der Waals surface area contributed by atoms with Crippen LogP contribution in [0.3, 0.4) is 0 Å². The first-order valence-electron chi connectivity index (χ1n) is 21.6. The summed E-state index contributed by atoms with van der Waals surface area (Å²) < 4.78 is 33.4. The number of carbonyl (C=O) groups is 2. The topological polar surface area (TPSA) is 210 Å². The number of phosphoric acid groups is 1. The molecule has 56 heavy (non-hydrogen) atoms. The molecule has 0 aromatic rings. The Kier molecular flexibility index (Phi) is 31.0. The number of carbonyl (C=O) groups excluding carboxylic acids is 2. The highest BCUT2D eigenvalue weighted by molar-refractivity contribution is 7.47. The molecule has 1 rings (SSSR count). The molecule has 1 fully saturated rings. The van der Waals surface area contributed by atoms with Crippen LogP contribution in [0.25, 0.3) is 0 Å². The minimum atomic E-state index is -5.11. The van der Waals surface area contributed by atoms with E-state index >= 15 is 0 Å². The molecule has 13 nitrogen and oxygen atoms in total. The molecule has 0 heterocycles. The van der Waals surface area contributed by atoms with Crippen molar-refractivity contribution in [3.05, 3.63) is 24.3 Å². The maximum atomic E-state index is 12.8. The van der Waals surface area contributed by atoms with Crippen molar-refractivity contribution in [3.8, 4) is 0 Å². The fourth-order valence-corrected chi connectivity index (χ4v) is 7.45. The normalized spacial score (nSPS) is 23.1. The van der Waals surface area contributed by atoms with Gasteiger partial charge in [-0.2, -0.15) is 0 Å². The van der Waals surface area contributed by atoms with Gasteiger partial charge in [0.1, 0.15) is 43.2 Å². The number of rotatable bonds is 35. The standard InChI is InChI=1S/C42H77O13P/c1-3-5-7-9-11-13-15-17-19-21-23-25-27-29-31-36(44)54-34(33-53-56(50,51)55-42-40(48)38(46)37(45)39(47)41(42)49)32-52-35(43)30-28-26-24-22-20-18-16-14-12-10-8-6-4-2/h9,11,15,17,34,37-42,45-49H,3-8,10,12-14,16,18-33H2,1-2H3,(H,50,51)/b11-9-,17-15-. The monoisotopic (exact) mass is 821 g/mol. The van der Waals surface area contributed by atoms with E-state index in [2.05, 4.69) is 38.2 Å². The Morgan fingerprint density at radius 3 is 1.50 bits per heavy atom. The van der Waals surface area contributed by atoms with Gasteiger partial charge in [0.05, 0.1) is 6.61 Å². The van der Waals surface area contributed by atoms with E-state index in [1.54, 1.807) is 0 Å². The second-order valence-corrected chi connectivity index (χ2v) is 16.6. The lowest BCUT2D eigenvalue weighted by molar-refractivity contribution is -0.220. The molecule has 14 heteroatoms. The molecule has 0 aromatic heterocycles. The van der Waals surface area contributed by atoms with Crippen LogP contribution in [0.15, 0.2) is 24.3 Å². The zero-order chi connectivity index (χ0) is 41.4. The molecular formula is C42H77O13P. The van der Waals surface area contributed by atoms with Gasteiger partial charge in [-0.3, -0.25) is 18.6 Å². The number of aliphatic hydroxyl groups is 5. The maximum Gasteiger partial charge on any atom is 0.472 e. The van der Waals surface area contributed by atoms with Crippen LogP contribution in [0, 0.1) is 0 Å². The van der Waals surface area contributed by atoms with E-state index in [0.717, 1.165) is 64.2 Å². The third-order valence-electron chi connectivity index (χ3n) is 10.0. The molecular weight excluding hydrogens is 743 g/mol. The van der Waals surface area contributed by atoms with E-state index in [1.807, 2.05) is 0 Å². The van der Waals surface area contributed by atoms with Crippen molar-refractivity contribution in [1.82, 2.24) is 0 Å². The number of hydrogen-bond acceptors (Lipinski definition) is 12. The van der Waals surface area contributed by atoms with E-state index in [4.69, 9.17) is 18.5 Å². The lowest BCUT2D eigenvalue weighted by Crippen LogP contribution is -2.64. The van der Waals surface area contributed by atoms with Crippen LogP contribution in [-0.4, -0.2) is 98.3 Å². The third-order valence-corrected chi connectivity index (χ3v) is 11.0. The average molecular weight is 821 g/mol. The first-order chi connectivity index (χ1) is 26.9. The van der Waals surface area contributed by atoms with Crippen molar-refractivity contribution < 1.29 is 63.1 Å². The number of phosphoric ester groups is 1. The molecule has 6 unspecified atom stereocenters. The molecule has 1 saturated carbocycles. The van der Waals surface area contributed by atoms with Gasteiger partial charge in [0, 0.05) is 12.8 Å². The second-order valence-electron chi connectivity index (χ2n) is 15.2. The Labute approximate surface area is 336 Å². The van der Waals surface area contributed by atoms with Crippen molar-refractivity contribution in [2.75, 3.05) is 13.2 Å². The molecule has 1 aliphatic rings. The number of unbranched alkanes of at least 4 members (excludes halogenated alkanes) is 19. The first kappa shape index (κ1) is 52.3. The van der Waals surface area contributed by atoms with Crippen LogP contribution in [0.2, 0.25) is 0 Å². The smallest absolute Gasteiger partial charge is 0.462 e. The summed E-state index contributed by atoms with van der Waals surface area (Å²) in [4.78, 5) is 35.6. The number of hydrogen-bond donors (Lipinski definition) is 6. The minimum Gasteiger partial charge on any atom is -0.462 e. The van der Waals surface area contributed by atoms with Gasteiger partial charge in [-0.05, 0) is 38.5 Å². The van der Waals surface area contributed by atoms with Crippen LogP contribution < -0.4 is 0 Å². The summed E-state index contributed by atoms with van der Waals surface area (Å²) in [6, 6.07) is 0. The van der Waals surface area contributed by atoms with Gasteiger partial charge in [0.15, 0.2) is 6.10 Å². The summed E-state index contributed by atoms with van der Waals surface area (Å²) in [6.07, 6.45) is 20.9. The Morgan fingerprint density at radius 2 is 0.982 bits per heavy atom. The molecule has 0 bridgehead atoms. The van der Waals surface area contributed by atoms with Gasteiger partial charge in [-0.25, -0.2) is 4.57 Å². The third kappa shape index (κ3) is 25.6. The number of esters is 2. The van der Waals surface area contributed by atoms with Gasteiger partial charge in [0.25, 0.3) is 0 Å². The molecule has 6 atom stereocenters. The fourth-order valence-electron chi connectivity index (χ4n) is 6.48. The summed E-state index contributed by atoms with van der Waals surface area (Å²) >= 11 is 0. The van der Waals surface area contributed by atoms with Crippen molar-refractivity contribution >= 4 is 19.8 Å².